The molecule has 2 heterocycles. The highest BCUT2D eigenvalue weighted by atomic mass is 16.2. The van der Waals surface area contributed by atoms with Crippen LogP contribution in [-0.4, -0.2) is 35.7 Å². The van der Waals surface area contributed by atoms with Gasteiger partial charge in [0.15, 0.2) is 0 Å². The van der Waals surface area contributed by atoms with Crippen LogP contribution >= 0.6 is 0 Å². The van der Waals surface area contributed by atoms with E-state index in [-0.39, 0.29) is 24.1 Å². The van der Waals surface area contributed by atoms with Crippen LogP contribution in [0.4, 0.5) is 0 Å². The average Bonchev–Trinajstić information content (AvgIpc) is 2.51. The van der Waals surface area contributed by atoms with Gasteiger partial charge in [0.1, 0.15) is 0 Å². The van der Waals surface area contributed by atoms with Gasteiger partial charge in [-0.1, -0.05) is 0 Å². The maximum Gasteiger partial charge on any atom is 0.235 e. The molecule has 2 saturated heterocycles. The zero-order chi connectivity index (χ0) is 11.1. The van der Waals surface area contributed by atoms with Gasteiger partial charge in [-0.05, 0) is 13.3 Å². The fraction of sp³-hybridized carbons (Fsp3) is 0.700. The third kappa shape index (κ3) is 1.52. The van der Waals surface area contributed by atoms with Gasteiger partial charge in [0, 0.05) is 25.9 Å². The van der Waals surface area contributed by atoms with Gasteiger partial charge in [-0.15, -0.1) is 0 Å². The first-order valence-electron chi connectivity index (χ1n) is 5.19. The van der Waals surface area contributed by atoms with Crippen molar-refractivity contribution in [1.82, 2.24) is 10.2 Å². The molecular weight excluding hydrogens is 196 g/mol. The molecular formula is C10H14N2O3. The molecule has 2 aliphatic heterocycles. The Morgan fingerprint density at radius 2 is 2.13 bits per heavy atom. The predicted octanol–water partition coefficient (Wildman–Crippen LogP) is -0.338. The van der Waals surface area contributed by atoms with Crippen molar-refractivity contribution in [3.63, 3.8) is 0 Å². The second kappa shape index (κ2) is 3.32. The molecule has 2 aliphatic rings. The monoisotopic (exact) mass is 210 g/mol. The summed E-state index contributed by atoms with van der Waals surface area (Å²) in [6.07, 6.45) is 1.09. The van der Waals surface area contributed by atoms with Crippen LogP contribution in [0.1, 0.15) is 26.2 Å². The Kier molecular flexibility index (Phi) is 2.25. The van der Waals surface area contributed by atoms with E-state index in [1.807, 2.05) is 6.92 Å². The minimum Gasteiger partial charge on any atom is -0.342 e. The molecule has 5 nitrogen and oxygen atoms in total. The zero-order valence-electron chi connectivity index (χ0n) is 8.71. The zero-order valence-corrected chi connectivity index (χ0v) is 8.71. The molecule has 0 bridgehead atoms. The molecule has 2 fully saturated rings. The standard InChI is InChI=1S/C10H14N2O3/c1-2-12-6-10(5-8(12)14)4-3-7(13)11-9(10)15/h2-6H2,1H3,(H,11,13,15). The molecule has 5 heteroatoms. The molecule has 15 heavy (non-hydrogen) atoms. The number of carbonyl (C=O) groups is 3. The van der Waals surface area contributed by atoms with Gasteiger partial charge in [-0.25, -0.2) is 0 Å². The maximum atomic E-state index is 11.7. The lowest BCUT2D eigenvalue weighted by molar-refractivity contribution is -0.142. The van der Waals surface area contributed by atoms with E-state index in [1.54, 1.807) is 4.90 Å². The fourth-order valence-electron chi connectivity index (χ4n) is 2.31. The summed E-state index contributed by atoms with van der Waals surface area (Å²) < 4.78 is 0. The molecule has 1 unspecified atom stereocenters. The number of piperidine rings is 1. The second-order valence-corrected chi connectivity index (χ2v) is 4.24. The van der Waals surface area contributed by atoms with E-state index in [9.17, 15) is 14.4 Å². The van der Waals surface area contributed by atoms with Crippen LogP contribution in [0.25, 0.3) is 0 Å². The third-order valence-corrected chi connectivity index (χ3v) is 3.28. The Morgan fingerprint density at radius 3 is 2.67 bits per heavy atom. The SMILES string of the molecule is CCN1CC2(CCC(=O)NC2=O)CC1=O. The highest BCUT2D eigenvalue weighted by molar-refractivity contribution is 6.03. The minimum atomic E-state index is -0.638. The summed E-state index contributed by atoms with van der Waals surface area (Å²) in [5, 5.41) is 2.32. The third-order valence-electron chi connectivity index (χ3n) is 3.28. The van der Waals surface area contributed by atoms with Crippen molar-refractivity contribution in [2.24, 2.45) is 5.41 Å². The summed E-state index contributed by atoms with van der Waals surface area (Å²) in [6.45, 7) is 2.98. The number of hydrogen-bond donors (Lipinski definition) is 1. The molecule has 0 aromatic heterocycles. The Hall–Kier alpha value is -1.39. The molecule has 0 aromatic rings. The first-order chi connectivity index (χ1) is 7.07. The lowest BCUT2D eigenvalue weighted by Crippen LogP contribution is -2.50. The van der Waals surface area contributed by atoms with Gasteiger partial charge in [0.2, 0.25) is 17.7 Å². The number of amides is 3. The first kappa shape index (κ1) is 10.1. The Bertz CT molecular complexity index is 340. The first-order valence-corrected chi connectivity index (χ1v) is 5.19. The number of imide groups is 1. The van der Waals surface area contributed by atoms with E-state index in [0.29, 0.717) is 25.9 Å². The van der Waals surface area contributed by atoms with Crippen LogP contribution in [0.2, 0.25) is 0 Å². The number of carbonyl (C=O) groups excluding carboxylic acids is 3. The van der Waals surface area contributed by atoms with Gasteiger partial charge in [0.05, 0.1) is 5.41 Å². The van der Waals surface area contributed by atoms with Gasteiger partial charge in [-0.2, -0.15) is 0 Å². The predicted molar refractivity (Wildman–Crippen MR) is 51.7 cm³/mol. The molecule has 0 radical (unpaired) electrons. The van der Waals surface area contributed by atoms with E-state index in [4.69, 9.17) is 0 Å². The van der Waals surface area contributed by atoms with E-state index < -0.39 is 5.41 Å². The Morgan fingerprint density at radius 1 is 1.40 bits per heavy atom. The molecule has 1 N–H and O–H groups in total. The van der Waals surface area contributed by atoms with Crippen molar-refractivity contribution in [1.29, 1.82) is 0 Å². The summed E-state index contributed by atoms with van der Waals surface area (Å²) in [4.78, 5) is 36.0. The van der Waals surface area contributed by atoms with E-state index >= 15 is 0 Å². The molecule has 3 amide bonds. The highest BCUT2D eigenvalue weighted by Gasteiger charge is 2.50. The van der Waals surface area contributed by atoms with E-state index in [1.165, 1.54) is 0 Å². The molecule has 0 saturated carbocycles. The van der Waals surface area contributed by atoms with E-state index in [0.717, 1.165) is 0 Å². The number of nitrogens with one attached hydrogen (secondary N) is 1. The second-order valence-electron chi connectivity index (χ2n) is 4.24. The summed E-state index contributed by atoms with van der Waals surface area (Å²) in [5.41, 5.74) is -0.638. The average molecular weight is 210 g/mol. The normalized spacial score (nSPS) is 31.3. The largest absolute Gasteiger partial charge is 0.342 e. The number of rotatable bonds is 1. The van der Waals surface area contributed by atoms with Gasteiger partial charge < -0.3 is 4.90 Å². The fourth-order valence-corrected chi connectivity index (χ4v) is 2.31. The van der Waals surface area contributed by atoms with Crippen LogP contribution in [0.15, 0.2) is 0 Å². The summed E-state index contributed by atoms with van der Waals surface area (Å²) in [5.74, 6) is -0.488. The maximum absolute atomic E-state index is 11.7. The van der Waals surface area contributed by atoms with Crippen LogP contribution in [0.5, 0.6) is 0 Å². The molecule has 82 valence electrons. The summed E-state index contributed by atoms with van der Waals surface area (Å²) in [7, 11) is 0. The van der Waals surface area contributed by atoms with Crippen molar-refractivity contribution in [3.05, 3.63) is 0 Å². The lowest BCUT2D eigenvalue weighted by atomic mass is 9.79. The smallest absolute Gasteiger partial charge is 0.235 e. The Balaban J connectivity index is 2.19. The topological polar surface area (TPSA) is 66.5 Å². The van der Waals surface area contributed by atoms with Gasteiger partial charge >= 0.3 is 0 Å². The highest BCUT2D eigenvalue weighted by Crippen LogP contribution is 2.38. The van der Waals surface area contributed by atoms with Crippen molar-refractivity contribution < 1.29 is 14.4 Å². The van der Waals surface area contributed by atoms with Crippen LogP contribution in [-0.2, 0) is 14.4 Å². The number of nitrogens with zero attached hydrogens (tertiary/aromatic N) is 1. The van der Waals surface area contributed by atoms with Crippen molar-refractivity contribution in [2.75, 3.05) is 13.1 Å². The van der Waals surface area contributed by atoms with Crippen molar-refractivity contribution in [2.45, 2.75) is 26.2 Å². The summed E-state index contributed by atoms with van der Waals surface area (Å²) in [6, 6.07) is 0. The quantitative estimate of drug-likeness (QED) is 0.602. The molecule has 1 spiro atoms. The number of hydrogen-bond acceptors (Lipinski definition) is 3. The van der Waals surface area contributed by atoms with Gasteiger partial charge in [-0.3, -0.25) is 19.7 Å². The molecule has 1 atom stereocenters. The Labute approximate surface area is 87.8 Å². The molecule has 0 aromatic carbocycles. The van der Waals surface area contributed by atoms with Crippen molar-refractivity contribution in [3.8, 4) is 0 Å². The van der Waals surface area contributed by atoms with Crippen LogP contribution < -0.4 is 5.32 Å². The number of likely N-dealkylation sites (tertiary alicyclic amines) is 1. The summed E-state index contributed by atoms with van der Waals surface area (Å²) >= 11 is 0. The lowest BCUT2D eigenvalue weighted by Gasteiger charge is -2.30. The van der Waals surface area contributed by atoms with Crippen LogP contribution in [0, 0.1) is 5.41 Å². The molecule has 0 aliphatic carbocycles. The van der Waals surface area contributed by atoms with Crippen molar-refractivity contribution >= 4 is 17.7 Å². The van der Waals surface area contributed by atoms with Crippen LogP contribution in [0.3, 0.4) is 0 Å². The van der Waals surface area contributed by atoms with Gasteiger partial charge in [0.25, 0.3) is 0 Å². The van der Waals surface area contributed by atoms with E-state index in [2.05, 4.69) is 5.32 Å². The minimum absolute atomic E-state index is 0.0157. The molecule has 2 rings (SSSR count).